The van der Waals surface area contributed by atoms with Crippen LogP contribution < -0.4 is 5.32 Å². The summed E-state index contributed by atoms with van der Waals surface area (Å²) < 4.78 is 5.49. The van der Waals surface area contributed by atoms with Gasteiger partial charge in [0.25, 0.3) is 0 Å². The number of carbonyl (C=O) groups is 2. The maximum Gasteiger partial charge on any atom is 0.245 e. The molecular formula is C14H26N2O3. The molecule has 1 aliphatic rings. The molecule has 0 aromatic carbocycles. The van der Waals surface area contributed by atoms with Crippen molar-refractivity contribution in [1.29, 1.82) is 0 Å². The number of rotatable bonds is 7. The van der Waals surface area contributed by atoms with Gasteiger partial charge in [0.15, 0.2) is 0 Å². The highest BCUT2D eigenvalue weighted by atomic mass is 16.5. The summed E-state index contributed by atoms with van der Waals surface area (Å²) in [7, 11) is 0. The maximum absolute atomic E-state index is 12.3. The highest BCUT2D eigenvalue weighted by molar-refractivity contribution is 5.90. The minimum absolute atomic E-state index is 0.0138. The quantitative estimate of drug-likeness (QED) is 0.707. The molecule has 1 fully saturated rings. The Morgan fingerprint density at radius 1 is 1.37 bits per heavy atom. The number of hydrogen-bond donors (Lipinski definition) is 1. The fraction of sp³-hybridized carbons (Fsp3) is 0.857. The lowest BCUT2D eigenvalue weighted by molar-refractivity contribution is -0.135. The molecule has 1 unspecified atom stereocenters. The summed E-state index contributed by atoms with van der Waals surface area (Å²) in [5.74, 6) is 0.0828. The minimum Gasteiger partial charge on any atom is -0.380 e. The Hall–Kier alpha value is -1.10. The molecule has 1 heterocycles. The number of hydrogen-bond acceptors (Lipinski definition) is 3. The van der Waals surface area contributed by atoms with Crippen molar-refractivity contribution in [3.63, 3.8) is 0 Å². The summed E-state index contributed by atoms with van der Waals surface area (Å²) in [5, 5.41) is 2.80. The lowest BCUT2D eigenvalue weighted by Gasteiger charge is -2.25. The number of ether oxygens (including phenoxy) is 1. The first-order chi connectivity index (χ1) is 9.06. The van der Waals surface area contributed by atoms with Gasteiger partial charge in [0.05, 0.1) is 6.61 Å². The van der Waals surface area contributed by atoms with Gasteiger partial charge < -0.3 is 15.0 Å². The molecule has 5 nitrogen and oxygen atoms in total. The van der Waals surface area contributed by atoms with Crippen LogP contribution in [0.5, 0.6) is 0 Å². The summed E-state index contributed by atoms with van der Waals surface area (Å²) in [4.78, 5) is 25.6. The van der Waals surface area contributed by atoms with E-state index in [9.17, 15) is 9.59 Å². The van der Waals surface area contributed by atoms with Crippen molar-refractivity contribution in [3.05, 3.63) is 0 Å². The van der Waals surface area contributed by atoms with Gasteiger partial charge in [-0.25, -0.2) is 0 Å². The molecule has 5 heteroatoms. The molecule has 1 rings (SSSR count). The van der Waals surface area contributed by atoms with Gasteiger partial charge in [0.2, 0.25) is 11.8 Å². The van der Waals surface area contributed by atoms with E-state index in [4.69, 9.17) is 4.74 Å². The van der Waals surface area contributed by atoms with Crippen molar-refractivity contribution in [2.45, 2.75) is 46.1 Å². The van der Waals surface area contributed by atoms with E-state index in [1.165, 1.54) is 0 Å². The van der Waals surface area contributed by atoms with Crippen LogP contribution in [0.25, 0.3) is 0 Å². The van der Waals surface area contributed by atoms with Crippen LogP contribution in [0.4, 0.5) is 0 Å². The molecule has 0 aromatic rings. The standard InChI is InChI=1S/C14H26N2O3/c1-4-5-9-19-10-8-16-7-6-12(17)15-13(11(2)3)14(16)18/h11,13H,4-10H2,1-3H3,(H,15,17). The van der Waals surface area contributed by atoms with Crippen molar-refractivity contribution in [2.75, 3.05) is 26.3 Å². The predicted molar refractivity (Wildman–Crippen MR) is 73.7 cm³/mol. The zero-order valence-electron chi connectivity index (χ0n) is 12.3. The zero-order valence-corrected chi connectivity index (χ0v) is 12.3. The van der Waals surface area contributed by atoms with Crippen molar-refractivity contribution < 1.29 is 14.3 Å². The van der Waals surface area contributed by atoms with Crippen LogP contribution in [-0.2, 0) is 14.3 Å². The molecule has 1 aliphatic heterocycles. The Kier molecular flexibility index (Phi) is 6.84. The number of unbranched alkanes of at least 4 members (excludes halogenated alkanes) is 1. The fourth-order valence-electron chi connectivity index (χ4n) is 2.05. The summed E-state index contributed by atoms with van der Waals surface area (Å²) >= 11 is 0. The zero-order chi connectivity index (χ0) is 14.3. The van der Waals surface area contributed by atoms with Crippen LogP contribution in [0, 0.1) is 5.92 Å². The first kappa shape index (κ1) is 16.0. The second kappa shape index (κ2) is 8.15. The van der Waals surface area contributed by atoms with E-state index < -0.39 is 6.04 Å². The van der Waals surface area contributed by atoms with Gasteiger partial charge in [0, 0.05) is 26.1 Å². The second-order valence-electron chi connectivity index (χ2n) is 5.33. The lowest BCUT2D eigenvalue weighted by Crippen LogP contribution is -2.48. The topological polar surface area (TPSA) is 58.6 Å². The normalized spacial score (nSPS) is 20.6. The summed E-state index contributed by atoms with van der Waals surface area (Å²) in [6, 6.07) is -0.398. The molecule has 1 saturated heterocycles. The van der Waals surface area contributed by atoms with Crippen molar-refractivity contribution in [2.24, 2.45) is 5.92 Å². The van der Waals surface area contributed by atoms with E-state index >= 15 is 0 Å². The first-order valence-corrected chi connectivity index (χ1v) is 7.22. The van der Waals surface area contributed by atoms with E-state index in [2.05, 4.69) is 12.2 Å². The van der Waals surface area contributed by atoms with Gasteiger partial charge in [-0.05, 0) is 12.3 Å². The molecule has 1 N–H and O–H groups in total. The third-order valence-electron chi connectivity index (χ3n) is 3.32. The van der Waals surface area contributed by atoms with Crippen LogP contribution in [0.3, 0.4) is 0 Å². The smallest absolute Gasteiger partial charge is 0.245 e. The summed E-state index contributed by atoms with van der Waals surface area (Å²) in [6.45, 7) is 8.36. The maximum atomic E-state index is 12.3. The van der Waals surface area contributed by atoms with E-state index in [-0.39, 0.29) is 17.7 Å². The molecule has 110 valence electrons. The van der Waals surface area contributed by atoms with E-state index in [0.717, 1.165) is 19.4 Å². The van der Waals surface area contributed by atoms with Crippen LogP contribution in [0.2, 0.25) is 0 Å². The SMILES string of the molecule is CCCCOCCN1CCC(=O)NC(C(C)C)C1=O. The monoisotopic (exact) mass is 270 g/mol. The van der Waals surface area contributed by atoms with Gasteiger partial charge in [0.1, 0.15) is 6.04 Å². The highest BCUT2D eigenvalue weighted by Crippen LogP contribution is 2.10. The van der Waals surface area contributed by atoms with Crippen LogP contribution >= 0.6 is 0 Å². The molecule has 19 heavy (non-hydrogen) atoms. The van der Waals surface area contributed by atoms with Crippen LogP contribution in [-0.4, -0.2) is 49.1 Å². The van der Waals surface area contributed by atoms with Crippen LogP contribution in [0.15, 0.2) is 0 Å². The highest BCUT2D eigenvalue weighted by Gasteiger charge is 2.31. The number of amides is 2. The molecule has 0 radical (unpaired) electrons. The lowest BCUT2D eigenvalue weighted by atomic mass is 10.0. The predicted octanol–water partition coefficient (Wildman–Crippen LogP) is 1.18. The van der Waals surface area contributed by atoms with Crippen molar-refractivity contribution in [3.8, 4) is 0 Å². The first-order valence-electron chi connectivity index (χ1n) is 7.22. The Labute approximate surface area is 115 Å². The Morgan fingerprint density at radius 2 is 2.11 bits per heavy atom. The van der Waals surface area contributed by atoms with Crippen molar-refractivity contribution in [1.82, 2.24) is 10.2 Å². The fourth-order valence-corrected chi connectivity index (χ4v) is 2.05. The van der Waals surface area contributed by atoms with Gasteiger partial charge in [-0.15, -0.1) is 0 Å². The molecule has 2 amide bonds. The number of nitrogens with zero attached hydrogens (tertiary/aromatic N) is 1. The van der Waals surface area contributed by atoms with E-state index in [1.54, 1.807) is 4.90 Å². The summed E-state index contributed by atoms with van der Waals surface area (Å²) in [6.07, 6.45) is 2.53. The molecule has 0 bridgehead atoms. The average Bonchev–Trinajstić information content (AvgIpc) is 2.51. The van der Waals surface area contributed by atoms with Gasteiger partial charge in [-0.2, -0.15) is 0 Å². The minimum atomic E-state index is -0.398. The third kappa shape index (κ3) is 5.19. The van der Waals surface area contributed by atoms with Gasteiger partial charge >= 0.3 is 0 Å². The molecule has 0 aromatic heterocycles. The Balaban J connectivity index is 2.46. The number of carbonyl (C=O) groups excluding carboxylic acids is 2. The molecule has 0 spiro atoms. The van der Waals surface area contributed by atoms with Gasteiger partial charge in [-0.1, -0.05) is 27.2 Å². The molecule has 0 saturated carbocycles. The van der Waals surface area contributed by atoms with Gasteiger partial charge in [-0.3, -0.25) is 9.59 Å². The molecule has 0 aliphatic carbocycles. The average molecular weight is 270 g/mol. The molecule has 1 atom stereocenters. The summed E-state index contributed by atoms with van der Waals surface area (Å²) in [5.41, 5.74) is 0. The Bertz CT molecular complexity index is 305. The van der Waals surface area contributed by atoms with Crippen molar-refractivity contribution >= 4 is 11.8 Å². The molecular weight excluding hydrogens is 244 g/mol. The van der Waals surface area contributed by atoms with E-state index in [0.29, 0.717) is 26.1 Å². The number of nitrogens with one attached hydrogen (secondary N) is 1. The van der Waals surface area contributed by atoms with Crippen LogP contribution in [0.1, 0.15) is 40.0 Å². The third-order valence-corrected chi connectivity index (χ3v) is 3.32. The second-order valence-corrected chi connectivity index (χ2v) is 5.33. The Morgan fingerprint density at radius 3 is 2.74 bits per heavy atom. The largest absolute Gasteiger partial charge is 0.380 e. The van der Waals surface area contributed by atoms with E-state index in [1.807, 2.05) is 13.8 Å².